The maximum Gasteiger partial charge on any atom is 0.218 e. The highest BCUT2D eigenvalue weighted by atomic mass is 32.1. The Morgan fingerprint density at radius 1 is 0.821 bits per heavy atom. The zero-order valence-corrected chi connectivity index (χ0v) is 15.7. The van der Waals surface area contributed by atoms with Crippen molar-refractivity contribution < 1.29 is 28.5 Å². The van der Waals surface area contributed by atoms with Crippen molar-refractivity contribution in [1.29, 1.82) is 0 Å². The van der Waals surface area contributed by atoms with Crippen LogP contribution in [-0.2, 0) is 28.5 Å². The second kappa shape index (κ2) is 6.04. The summed E-state index contributed by atoms with van der Waals surface area (Å²) >= 11 is 5.87. The maximum absolute atomic E-state index is 12.4. The molecule has 1 aromatic carbocycles. The van der Waals surface area contributed by atoms with Gasteiger partial charge in [-0.15, -0.1) is 0 Å². The summed E-state index contributed by atoms with van der Waals surface area (Å²) in [5.41, 5.74) is 1.82. The number of carbonyl (C=O) groups excluding carboxylic acids is 2. The molecule has 6 rings (SSSR count). The molecule has 0 radical (unpaired) electrons. The van der Waals surface area contributed by atoms with Crippen molar-refractivity contribution in [2.75, 3.05) is 13.2 Å². The summed E-state index contributed by atoms with van der Waals surface area (Å²) in [6.45, 7) is 0.733. The molecule has 0 unspecified atom stereocenters. The van der Waals surface area contributed by atoms with E-state index in [0.717, 1.165) is 11.0 Å². The third-order valence-electron chi connectivity index (χ3n) is 6.10. The van der Waals surface area contributed by atoms with Crippen molar-refractivity contribution in [2.45, 2.75) is 49.7 Å². The number of rotatable bonds is 2. The second-order valence-corrected chi connectivity index (χ2v) is 8.03. The lowest BCUT2D eigenvalue weighted by Gasteiger charge is -2.29. The Morgan fingerprint density at radius 2 is 1.29 bits per heavy atom. The van der Waals surface area contributed by atoms with Crippen LogP contribution in [-0.4, -0.2) is 58.7 Å². The Morgan fingerprint density at radius 3 is 1.75 bits per heavy atom. The number of ether oxygens (including phenoxy) is 4. The molecule has 6 atom stereocenters. The highest BCUT2D eigenvalue weighted by molar-refractivity contribution is 7.71. The zero-order valence-electron chi connectivity index (χ0n) is 14.9. The van der Waals surface area contributed by atoms with Gasteiger partial charge in [-0.05, 0) is 24.4 Å². The van der Waals surface area contributed by atoms with E-state index >= 15 is 0 Å². The fourth-order valence-corrected chi connectivity index (χ4v) is 5.27. The van der Waals surface area contributed by atoms with E-state index in [-0.39, 0.29) is 35.9 Å². The largest absolute Gasteiger partial charge is 0.343 e. The van der Waals surface area contributed by atoms with Crippen LogP contribution in [0, 0.1) is 4.77 Å². The number of ketones is 2. The number of carbonyl (C=O) groups is 2. The lowest BCUT2D eigenvalue weighted by molar-refractivity contribution is -0.156. The quantitative estimate of drug-likeness (QED) is 0.707. The van der Waals surface area contributed by atoms with Crippen LogP contribution in [0.3, 0.4) is 0 Å². The van der Waals surface area contributed by atoms with Gasteiger partial charge in [0.2, 0.25) is 12.6 Å². The molecule has 9 heteroatoms. The van der Waals surface area contributed by atoms with Crippen molar-refractivity contribution in [1.82, 2.24) is 9.13 Å². The van der Waals surface area contributed by atoms with E-state index in [4.69, 9.17) is 31.2 Å². The number of fused-ring (bicyclic) bond motifs is 5. The normalized spacial score (nSPS) is 37.1. The third kappa shape index (κ3) is 2.28. The molecule has 0 amide bonds. The van der Waals surface area contributed by atoms with Gasteiger partial charge in [-0.25, -0.2) is 0 Å². The number of hydrogen-bond acceptors (Lipinski definition) is 7. The summed E-state index contributed by atoms with van der Waals surface area (Å²) in [7, 11) is 0. The summed E-state index contributed by atoms with van der Waals surface area (Å²) in [4.78, 5) is 24.7. The van der Waals surface area contributed by atoms with E-state index < -0.39 is 12.6 Å². The van der Waals surface area contributed by atoms with Crippen LogP contribution in [0.25, 0.3) is 11.0 Å². The van der Waals surface area contributed by atoms with Crippen LogP contribution in [0.15, 0.2) is 24.3 Å². The first-order chi connectivity index (χ1) is 13.6. The van der Waals surface area contributed by atoms with E-state index in [0.29, 0.717) is 30.8 Å². The number of para-hydroxylation sites is 2. The van der Waals surface area contributed by atoms with Gasteiger partial charge in [0.05, 0.1) is 36.3 Å². The van der Waals surface area contributed by atoms with Crippen LogP contribution in [0.2, 0.25) is 0 Å². The van der Waals surface area contributed by atoms with Crippen molar-refractivity contribution >= 4 is 34.8 Å². The number of Topliss-reactive ketones (excluding diaryl/α,β-unsaturated/α-hetero) is 2. The van der Waals surface area contributed by atoms with Gasteiger partial charge in [-0.3, -0.25) is 9.59 Å². The summed E-state index contributed by atoms with van der Waals surface area (Å²) < 4.78 is 27.0. The van der Waals surface area contributed by atoms with Crippen molar-refractivity contribution in [3.05, 3.63) is 29.0 Å². The minimum atomic E-state index is -0.749. The molecule has 8 nitrogen and oxygen atoms in total. The molecule has 4 aliphatic heterocycles. The molecule has 4 saturated heterocycles. The van der Waals surface area contributed by atoms with Crippen LogP contribution in [0.5, 0.6) is 0 Å². The smallest absolute Gasteiger partial charge is 0.218 e. The maximum atomic E-state index is 12.4. The Balaban J connectivity index is 1.52. The molecule has 0 spiro atoms. The molecular formula is C19H18N2O6S. The van der Waals surface area contributed by atoms with Gasteiger partial charge in [0.1, 0.15) is 12.2 Å². The van der Waals surface area contributed by atoms with Crippen molar-refractivity contribution in [3.8, 4) is 0 Å². The molecule has 4 fully saturated rings. The standard InChI is InChI=1S/C19H18N2O6S/c22-13-5-11(15-7-24-17(13)26-15)20-9-3-1-2-4-10(9)21(19(20)28)12-6-14(23)18-25-8-16(12)27-18/h1-4,11-12,15-18H,5-8H2/t11-,12-,15+,16+,17+,18+/m0/s1. The van der Waals surface area contributed by atoms with Crippen LogP contribution < -0.4 is 0 Å². The monoisotopic (exact) mass is 402 g/mol. The predicted octanol–water partition coefficient (Wildman–Crippen LogP) is 1.68. The average molecular weight is 402 g/mol. The number of aromatic nitrogens is 2. The molecule has 0 aliphatic carbocycles. The van der Waals surface area contributed by atoms with Gasteiger partial charge >= 0.3 is 0 Å². The minimum Gasteiger partial charge on any atom is -0.343 e. The van der Waals surface area contributed by atoms with E-state index in [9.17, 15) is 9.59 Å². The molecule has 28 heavy (non-hydrogen) atoms. The molecular weight excluding hydrogens is 384 g/mol. The molecule has 2 aromatic rings. The van der Waals surface area contributed by atoms with Gasteiger partial charge in [0, 0.05) is 12.8 Å². The van der Waals surface area contributed by atoms with Crippen molar-refractivity contribution in [2.24, 2.45) is 0 Å². The van der Waals surface area contributed by atoms with Gasteiger partial charge in [0.25, 0.3) is 0 Å². The van der Waals surface area contributed by atoms with Gasteiger partial charge in [0.15, 0.2) is 16.3 Å². The molecule has 5 heterocycles. The van der Waals surface area contributed by atoms with Crippen LogP contribution >= 0.6 is 12.2 Å². The molecule has 0 saturated carbocycles. The fraction of sp³-hybridized carbons (Fsp3) is 0.526. The topological polar surface area (TPSA) is 80.9 Å². The van der Waals surface area contributed by atoms with Crippen LogP contribution in [0.1, 0.15) is 24.9 Å². The summed E-state index contributed by atoms with van der Waals surface area (Å²) in [5, 5.41) is 0. The Hall–Kier alpha value is -1.91. The van der Waals surface area contributed by atoms with Gasteiger partial charge in [-0.1, -0.05) is 12.1 Å². The molecule has 146 valence electrons. The summed E-state index contributed by atoms with van der Waals surface area (Å²) in [5.74, 6) is -0.138. The lowest BCUT2D eigenvalue weighted by Crippen LogP contribution is -2.38. The molecule has 4 aliphatic rings. The average Bonchev–Trinajstić information content (AvgIpc) is 3.38. The first kappa shape index (κ1) is 17.0. The number of nitrogens with zero attached hydrogens (tertiary/aromatic N) is 2. The Labute approximate surface area is 164 Å². The van der Waals surface area contributed by atoms with Gasteiger partial charge in [-0.2, -0.15) is 0 Å². The third-order valence-corrected chi connectivity index (χ3v) is 6.49. The lowest BCUT2D eigenvalue weighted by atomic mass is 10.0. The van der Waals surface area contributed by atoms with Crippen LogP contribution in [0.4, 0.5) is 0 Å². The first-order valence-electron chi connectivity index (χ1n) is 9.43. The molecule has 1 aromatic heterocycles. The Bertz CT molecular complexity index is 980. The molecule has 0 N–H and O–H groups in total. The van der Waals surface area contributed by atoms with Gasteiger partial charge < -0.3 is 28.1 Å². The van der Waals surface area contributed by atoms with E-state index in [1.165, 1.54) is 0 Å². The fourth-order valence-electron chi connectivity index (χ4n) is 4.80. The van der Waals surface area contributed by atoms with Crippen molar-refractivity contribution in [3.63, 3.8) is 0 Å². The van der Waals surface area contributed by atoms with E-state index in [1.54, 1.807) is 0 Å². The Kier molecular flexibility index (Phi) is 3.67. The minimum absolute atomic E-state index is 0.0688. The molecule has 4 bridgehead atoms. The van der Waals surface area contributed by atoms with E-state index in [1.807, 2.05) is 33.4 Å². The number of benzene rings is 1. The summed E-state index contributed by atoms with van der Waals surface area (Å²) in [6.07, 6.45) is -1.32. The summed E-state index contributed by atoms with van der Waals surface area (Å²) in [6, 6.07) is 7.36. The number of hydrogen-bond donors (Lipinski definition) is 0. The van der Waals surface area contributed by atoms with E-state index in [2.05, 4.69) is 0 Å². The highest BCUT2D eigenvalue weighted by Crippen LogP contribution is 2.39. The zero-order chi connectivity index (χ0) is 19.0. The number of imidazole rings is 1. The predicted molar refractivity (Wildman–Crippen MR) is 97.3 cm³/mol. The highest BCUT2D eigenvalue weighted by Gasteiger charge is 2.47. The first-order valence-corrected chi connectivity index (χ1v) is 9.83. The SMILES string of the molecule is O=C1C[C@H](n2c(=S)n([C@H]3CC(=O)[C@@H]4OC[C@H]3O4)c3ccccc32)[C@H]2CO[C@@H]1O2. The second-order valence-electron chi connectivity index (χ2n) is 7.67.